The van der Waals surface area contributed by atoms with Gasteiger partial charge in [-0.1, -0.05) is 12.1 Å². The van der Waals surface area contributed by atoms with Crippen LogP contribution < -0.4 is 15.8 Å². The maximum atomic E-state index is 6.20. The number of hydrogen-bond donors (Lipinski definition) is 2. The van der Waals surface area contributed by atoms with Gasteiger partial charge in [-0.25, -0.2) is 4.98 Å². The second kappa shape index (κ2) is 5.67. The average Bonchev–Trinajstić information content (AvgIpc) is 3.38. The van der Waals surface area contributed by atoms with Crippen LogP contribution in [0.4, 0.5) is 11.8 Å². The number of rotatable bonds is 5. The van der Waals surface area contributed by atoms with E-state index >= 15 is 0 Å². The lowest BCUT2D eigenvalue weighted by Gasteiger charge is -2.09. The van der Waals surface area contributed by atoms with Gasteiger partial charge in [0, 0.05) is 19.2 Å². The number of hydrogen-bond acceptors (Lipinski definition) is 6. The zero-order chi connectivity index (χ0) is 16.7. The van der Waals surface area contributed by atoms with Crippen molar-refractivity contribution in [3.63, 3.8) is 0 Å². The van der Waals surface area contributed by atoms with Crippen molar-refractivity contribution in [1.82, 2.24) is 19.7 Å². The number of anilines is 2. The molecule has 124 valence electrons. The molecular formula is C17H20N6O. The Morgan fingerprint density at radius 3 is 2.92 bits per heavy atom. The lowest BCUT2D eigenvalue weighted by molar-refractivity contribution is 0.415. The molecule has 7 heteroatoms. The standard InChI is InChI=1S/C17H20N6O/c1-23-15(18)13-14(11-4-3-5-12(8-11)24-2)20-17(21-16(13)22-23)19-9-10-6-7-10/h3-5,8,10H,6-7,9,18H2,1-2H3,(H,19,21,22). The van der Waals surface area contributed by atoms with Crippen molar-refractivity contribution >= 4 is 22.8 Å². The fraction of sp³-hybridized carbons (Fsp3) is 0.353. The molecule has 0 spiro atoms. The zero-order valence-corrected chi connectivity index (χ0v) is 13.8. The molecule has 24 heavy (non-hydrogen) atoms. The molecule has 3 aromatic rings. The first kappa shape index (κ1) is 14.7. The summed E-state index contributed by atoms with van der Waals surface area (Å²) in [4.78, 5) is 9.23. The van der Waals surface area contributed by atoms with Crippen molar-refractivity contribution in [3.05, 3.63) is 24.3 Å². The predicted molar refractivity (Wildman–Crippen MR) is 93.9 cm³/mol. The molecule has 0 atom stereocenters. The quantitative estimate of drug-likeness (QED) is 0.749. The van der Waals surface area contributed by atoms with Crippen LogP contribution in [-0.2, 0) is 7.05 Å². The van der Waals surface area contributed by atoms with Gasteiger partial charge in [0.2, 0.25) is 5.95 Å². The number of nitrogens with two attached hydrogens (primary N) is 1. The van der Waals surface area contributed by atoms with E-state index in [2.05, 4.69) is 15.4 Å². The van der Waals surface area contributed by atoms with Crippen LogP contribution in [0, 0.1) is 5.92 Å². The fourth-order valence-corrected chi connectivity index (χ4v) is 2.73. The van der Waals surface area contributed by atoms with Gasteiger partial charge >= 0.3 is 0 Å². The molecule has 1 fully saturated rings. The largest absolute Gasteiger partial charge is 0.497 e. The second-order valence-electron chi connectivity index (χ2n) is 6.16. The van der Waals surface area contributed by atoms with E-state index in [4.69, 9.17) is 15.5 Å². The topological polar surface area (TPSA) is 90.9 Å². The van der Waals surface area contributed by atoms with Crippen molar-refractivity contribution in [1.29, 1.82) is 0 Å². The predicted octanol–water partition coefficient (Wildman–Crippen LogP) is 2.44. The van der Waals surface area contributed by atoms with Crippen molar-refractivity contribution in [3.8, 4) is 17.0 Å². The minimum Gasteiger partial charge on any atom is -0.497 e. The van der Waals surface area contributed by atoms with Crippen LogP contribution in [0.15, 0.2) is 24.3 Å². The highest BCUT2D eigenvalue weighted by Gasteiger charge is 2.22. The summed E-state index contributed by atoms with van der Waals surface area (Å²) >= 11 is 0. The Labute approximate surface area is 139 Å². The molecule has 7 nitrogen and oxygen atoms in total. The highest BCUT2D eigenvalue weighted by atomic mass is 16.5. The summed E-state index contributed by atoms with van der Waals surface area (Å²) in [7, 11) is 3.46. The van der Waals surface area contributed by atoms with Crippen LogP contribution in [0.3, 0.4) is 0 Å². The highest BCUT2D eigenvalue weighted by Crippen LogP contribution is 2.33. The summed E-state index contributed by atoms with van der Waals surface area (Å²) in [5.41, 5.74) is 8.49. The lowest BCUT2D eigenvalue weighted by atomic mass is 10.1. The van der Waals surface area contributed by atoms with Gasteiger partial charge in [0.1, 0.15) is 11.6 Å². The number of aromatic nitrogens is 4. The molecule has 0 saturated heterocycles. The maximum absolute atomic E-state index is 6.20. The number of ether oxygens (including phenoxy) is 1. The van der Waals surface area contributed by atoms with Gasteiger partial charge in [-0.05, 0) is 30.9 Å². The molecular weight excluding hydrogens is 304 g/mol. The smallest absolute Gasteiger partial charge is 0.225 e. The van der Waals surface area contributed by atoms with E-state index in [1.54, 1.807) is 11.8 Å². The van der Waals surface area contributed by atoms with E-state index in [1.165, 1.54) is 12.8 Å². The third-order valence-electron chi connectivity index (χ3n) is 4.33. The summed E-state index contributed by atoms with van der Waals surface area (Å²) in [6, 6.07) is 7.77. The van der Waals surface area contributed by atoms with Crippen molar-refractivity contribution in [2.75, 3.05) is 24.7 Å². The molecule has 1 aliphatic rings. The molecule has 3 N–H and O–H groups in total. The summed E-state index contributed by atoms with van der Waals surface area (Å²) in [6.07, 6.45) is 2.54. The van der Waals surface area contributed by atoms with Crippen LogP contribution in [0.5, 0.6) is 5.75 Å². The monoisotopic (exact) mass is 324 g/mol. The lowest BCUT2D eigenvalue weighted by Crippen LogP contribution is -2.07. The SMILES string of the molecule is COc1cccc(-c2nc(NCC3CC3)nc3nn(C)c(N)c23)c1. The summed E-state index contributed by atoms with van der Waals surface area (Å²) < 4.78 is 6.96. The van der Waals surface area contributed by atoms with Crippen LogP contribution in [0.1, 0.15) is 12.8 Å². The fourth-order valence-electron chi connectivity index (χ4n) is 2.73. The Bertz CT molecular complexity index is 899. The van der Waals surface area contributed by atoms with E-state index in [-0.39, 0.29) is 0 Å². The van der Waals surface area contributed by atoms with Crippen molar-refractivity contribution in [2.45, 2.75) is 12.8 Å². The Hall–Kier alpha value is -2.83. The molecule has 1 saturated carbocycles. The Kier molecular flexibility index (Phi) is 3.48. The van der Waals surface area contributed by atoms with Gasteiger partial charge in [-0.3, -0.25) is 4.68 Å². The molecule has 0 radical (unpaired) electrons. The molecule has 0 aliphatic heterocycles. The third kappa shape index (κ3) is 2.62. The normalized spacial score (nSPS) is 14.1. The molecule has 4 rings (SSSR count). The molecule has 2 aromatic heterocycles. The molecule has 0 bridgehead atoms. The second-order valence-corrected chi connectivity index (χ2v) is 6.16. The van der Waals surface area contributed by atoms with Gasteiger partial charge in [-0.15, -0.1) is 0 Å². The minimum atomic E-state index is 0.552. The Morgan fingerprint density at radius 2 is 2.17 bits per heavy atom. The number of aryl methyl sites for hydroxylation is 1. The van der Waals surface area contributed by atoms with E-state index in [1.807, 2.05) is 31.3 Å². The number of nitrogens with one attached hydrogen (secondary N) is 1. The molecule has 1 aromatic carbocycles. The van der Waals surface area contributed by atoms with Crippen LogP contribution >= 0.6 is 0 Å². The van der Waals surface area contributed by atoms with Gasteiger partial charge < -0.3 is 15.8 Å². The molecule has 0 unspecified atom stereocenters. The number of nitrogens with zero attached hydrogens (tertiary/aromatic N) is 4. The number of fused-ring (bicyclic) bond motifs is 1. The Morgan fingerprint density at radius 1 is 1.33 bits per heavy atom. The molecule has 0 amide bonds. The summed E-state index contributed by atoms with van der Waals surface area (Å²) in [6.45, 7) is 0.894. The zero-order valence-electron chi connectivity index (χ0n) is 13.8. The number of methoxy groups -OCH3 is 1. The van der Waals surface area contributed by atoms with E-state index < -0.39 is 0 Å². The first-order chi connectivity index (χ1) is 11.7. The number of benzene rings is 1. The van der Waals surface area contributed by atoms with Crippen LogP contribution in [0.25, 0.3) is 22.3 Å². The van der Waals surface area contributed by atoms with Crippen molar-refractivity contribution < 1.29 is 4.74 Å². The first-order valence-electron chi connectivity index (χ1n) is 8.04. The van der Waals surface area contributed by atoms with Gasteiger partial charge in [-0.2, -0.15) is 10.1 Å². The third-order valence-corrected chi connectivity index (χ3v) is 4.33. The maximum Gasteiger partial charge on any atom is 0.225 e. The highest BCUT2D eigenvalue weighted by molar-refractivity contribution is 5.99. The Balaban J connectivity index is 1.86. The molecule has 1 aliphatic carbocycles. The summed E-state index contributed by atoms with van der Waals surface area (Å²) in [5, 5.41) is 8.50. The van der Waals surface area contributed by atoms with Crippen molar-refractivity contribution in [2.24, 2.45) is 13.0 Å². The van der Waals surface area contributed by atoms with E-state index in [0.29, 0.717) is 17.4 Å². The number of nitrogen functional groups attached to an aromatic ring is 1. The van der Waals surface area contributed by atoms with E-state index in [9.17, 15) is 0 Å². The first-order valence-corrected chi connectivity index (χ1v) is 8.04. The van der Waals surface area contributed by atoms with Gasteiger partial charge in [0.15, 0.2) is 5.65 Å². The van der Waals surface area contributed by atoms with Crippen LogP contribution in [0.2, 0.25) is 0 Å². The molecule has 2 heterocycles. The average molecular weight is 324 g/mol. The summed E-state index contributed by atoms with van der Waals surface area (Å²) in [5.74, 6) is 2.65. The van der Waals surface area contributed by atoms with Gasteiger partial charge in [0.05, 0.1) is 18.2 Å². The van der Waals surface area contributed by atoms with Crippen LogP contribution in [-0.4, -0.2) is 33.4 Å². The van der Waals surface area contributed by atoms with Gasteiger partial charge in [0.25, 0.3) is 0 Å². The minimum absolute atomic E-state index is 0.552. The van der Waals surface area contributed by atoms with E-state index in [0.717, 1.165) is 34.9 Å².